The van der Waals surface area contributed by atoms with Crippen LogP contribution in [0.1, 0.15) is 21.9 Å². The minimum atomic E-state index is -4.81. The van der Waals surface area contributed by atoms with Crippen molar-refractivity contribution in [3.63, 3.8) is 0 Å². The lowest BCUT2D eigenvalue weighted by atomic mass is 9.83. The number of methoxy groups -OCH3 is 1. The van der Waals surface area contributed by atoms with Gasteiger partial charge in [-0.25, -0.2) is 4.90 Å². The van der Waals surface area contributed by atoms with Crippen LogP contribution in [-0.4, -0.2) is 34.6 Å². The second-order valence-electron chi connectivity index (χ2n) is 9.88. The standard InChI is InChI=1S/C30H22F3N3O5S2/c1-41-18-13-11-16(12-14-18)22-23-24(27(39)36(26(23)38)20-10-6-5-9-19(20)30(31,32)33)42-28-25(22)43-29(40)35(28)15-21(37)34-17-7-3-2-4-8-17/h2-14,22-24H,15H2,1H3,(H,34,37). The molecule has 3 amide bonds. The number of nitrogens with zero attached hydrogens (tertiary/aromatic N) is 2. The summed E-state index contributed by atoms with van der Waals surface area (Å²) in [4.78, 5) is 54.6. The molecule has 0 aliphatic carbocycles. The van der Waals surface area contributed by atoms with Crippen molar-refractivity contribution >= 4 is 52.2 Å². The number of thiazole rings is 1. The van der Waals surface area contributed by atoms with Crippen molar-refractivity contribution < 1.29 is 32.3 Å². The van der Waals surface area contributed by atoms with E-state index in [1.54, 1.807) is 54.6 Å². The molecule has 1 fully saturated rings. The van der Waals surface area contributed by atoms with Gasteiger partial charge in [0.2, 0.25) is 17.7 Å². The number of alkyl halides is 3. The van der Waals surface area contributed by atoms with Gasteiger partial charge in [-0.1, -0.05) is 65.6 Å². The smallest absolute Gasteiger partial charge is 0.418 e. The lowest BCUT2D eigenvalue weighted by Crippen LogP contribution is -2.33. The Morgan fingerprint density at radius 3 is 2.28 bits per heavy atom. The van der Waals surface area contributed by atoms with Crippen molar-refractivity contribution in [1.82, 2.24) is 4.57 Å². The predicted octanol–water partition coefficient (Wildman–Crippen LogP) is 5.37. The number of aromatic nitrogens is 1. The predicted molar refractivity (Wildman–Crippen MR) is 156 cm³/mol. The van der Waals surface area contributed by atoms with E-state index in [4.69, 9.17) is 4.74 Å². The van der Waals surface area contributed by atoms with E-state index in [1.807, 2.05) is 0 Å². The molecule has 6 rings (SSSR count). The van der Waals surface area contributed by atoms with Crippen molar-refractivity contribution in [2.75, 3.05) is 17.3 Å². The minimum absolute atomic E-state index is 0.326. The SMILES string of the molecule is COc1ccc(C2c3sc(=O)n(CC(=O)Nc4ccccc4)c3SC3C(=O)N(c4ccccc4C(F)(F)F)C(=O)C32)cc1. The Balaban J connectivity index is 1.44. The van der Waals surface area contributed by atoms with Crippen LogP contribution >= 0.6 is 23.1 Å². The number of rotatable bonds is 6. The van der Waals surface area contributed by atoms with Crippen molar-refractivity contribution in [2.45, 2.75) is 28.9 Å². The van der Waals surface area contributed by atoms with Crippen LogP contribution in [0.2, 0.25) is 0 Å². The summed E-state index contributed by atoms with van der Waals surface area (Å²) in [5, 5.41) is 1.92. The van der Waals surface area contributed by atoms with Gasteiger partial charge in [-0.05, 0) is 42.0 Å². The van der Waals surface area contributed by atoms with E-state index in [-0.39, 0.29) is 6.54 Å². The van der Waals surface area contributed by atoms with Crippen molar-refractivity contribution in [3.8, 4) is 5.75 Å². The van der Waals surface area contributed by atoms with Crippen molar-refractivity contribution in [3.05, 3.63) is 105 Å². The Labute approximate surface area is 251 Å². The van der Waals surface area contributed by atoms with E-state index in [9.17, 15) is 32.3 Å². The van der Waals surface area contributed by atoms with E-state index in [0.717, 1.165) is 35.2 Å². The highest BCUT2D eigenvalue weighted by atomic mass is 32.2. The van der Waals surface area contributed by atoms with Crippen LogP contribution in [0.15, 0.2) is 88.7 Å². The van der Waals surface area contributed by atoms with Gasteiger partial charge in [0.1, 0.15) is 17.5 Å². The van der Waals surface area contributed by atoms with Gasteiger partial charge in [0.15, 0.2) is 0 Å². The third-order valence-electron chi connectivity index (χ3n) is 7.33. The average Bonchev–Trinajstić information content (AvgIpc) is 3.43. The zero-order valence-corrected chi connectivity index (χ0v) is 24.0. The number of para-hydroxylation sites is 2. The van der Waals surface area contributed by atoms with Gasteiger partial charge in [0, 0.05) is 16.5 Å². The van der Waals surface area contributed by atoms with E-state index in [1.165, 1.54) is 23.8 Å². The maximum absolute atomic E-state index is 14.0. The summed E-state index contributed by atoms with van der Waals surface area (Å²) < 4.78 is 48.3. The Bertz CT molecular complexity index is 1790. The van der Waals surface area contributed by atoms with Gasteiger partial charge in [-0.15, -0.1) is 0 Å². The van der Waals surface area contributed by atoms with Crippen LogP contribution < -0.4 is 19.8 Å². The summed E-state index contributed by atoms with van der Waals surface area (Å²) >= 11 is 1.78. The molecular formula is C30H22F3N3O5S2. The first kappa shape index (κ1) is 28.7. The minimum Gasteiger partial charge on any atom is -0.497 e. The zero-order valence-electron chi connectivity index (χ0n) is 22.3. The van der Waals surface area contributed by atoms with Crippen LogP contribution in [0.4, 0.5) is 24.5 Å². The van der Waals surface area contributed by atoms with Crippen LogP contribution in [0, 0.1) is 5.92 Å². The Kier molecular flexibility index (Phi) is 7.38. The average molecular weight is 626 g/mol. The first-order valence-electron chi connectivity index (χ1n) is 13.0. The molecule has 2 aliphatic heterocycles. The topological polar surface area (TPSA) is 97.7 Å². The van der Waals surface area contributed by atoms with Crippen LogP contribution in [-0.2, 0) is 27.1 Å². The molecule has 3 unspecified atom stereocenters. The highest BCUT2D eigenvalue weighted by Crippen LogP contribution is 2.54. The number of anilines is 2. The number of benzene rings is 3. The molecule has 220 valence electrons. The first-order chi connectivity index (χ1) is 20.6. The summed E-state index contributed by atoms with van der Waals surface area (Å²) in [7, 11) is 1.49. The van der Waals surface area contributed by atoms with Crippen molar-refractivity contribution in [2.24, 2.45) is 5.92 Å². The third kappa shape index (κ3) is 5.12. The number of hydrogen-bond acceptors (Lipinski definition) is 7. The summed E-state index contributed by atoms with van der Waals surface area (Å²) in [6, 6.07) is 19.8. The van der Waals surface area contributed by atoms with Gasteiger partial charge in [-0.3, -0.25) is 23.7 Å². The van der Waals surface area contributed by atoms with Gasteiger partial charge < -0.3 is 10.1 Å². The molecule has 13 heteroatoms. The fourth-order valence-electron chi connectivity index (χ4n) is 5.44. The molecular weight excluding hydrogens is 603 g/mol. The summed E-state index contributed by atoms with van der Waals surface area (Å²) in [5.41, 5.74) is -0.544. The number of imide groups is 1. The highest BCUT2D eigenvalue weighted by molar-refractivity contribution is 8.00. The number of fused-ring (bicyclic) bond motifs is 2. The summed E-state index contributed by atoms with van der Waals surface area (Å²) in [6.07, 6.45) is -4.81. The second-order valence-corrected chi connectivity index (χ2v) is 12.0. The molecule has 43 heavy (non-hydrogen) atoms. The number of amides is 3. The quantitative estimate of drug-likeness (QED) is 0.290. The lowest BCUT2D eigenvalue weighted by molar-refractivity contribution is -0.137. The molecule has 1 aromatic heterocycles. The van der Waals surface area contributed by atoms with Gasteiger partial charge in [-0.2, -0.15) is 13.2 Å². The second kappa shape index (κ2) is 11.0. The van der Waals surface area contributed by atoms with Crippen molar-refractivity contribution in [1.29, 1.82) is 0 Å². The normalized spacial score (nSPS) is 19.6. The fourth-order valence-corrected chi connectivity index (χ4v) is 8.21. The third-order valence-corrected chi connectivity index (χ3v) is 9.94. The largest absolute Gasteiger partial charge is 0.497 e. The molecule has 2 aliphatic rings. The zero-order chi connectivity index (χ0) is 30.5. The van der Waals surface area contributed by atoms with E-state index >= 15 is 0 Å². The molecule has 0 saturated carbocycles. The van der Waals surface area contributed by atoms with Crippen LogP contribution in [0.5, 0.6) is 5.75 Å². The molecule has 0 bridgehead atoms. The van der Waals surface area contributed by atoms with Gasteiger partial charge in [0.25, 0.3) is 0 Å². The number of halogens is 3. The summed E-state index contributed by atoms with van der Waals surface area (Å²) in [5.74, 6) is -3.48. The Morgan fingerprint density at radius 2 is 1.60 bits per heavy atom. The molecule has 1 saturated heterocycles. The number of nitrogens with one attached hydrogen (secondary N) is 1. The summed E-state index contributed by atoms with van der Waals surface area (Å²) in [6.45, 7) is -0.359. The van der Waals surface area contributed by atoms with Crippen LogP contribution in [0.3, 0.4) is 0 Å². The molecule has 1 N–H and O–H groups in total. The number of carbonyl (C=O) groups excluding carboxylic acids is 3. The van der Waals surface area contributed by atoms with Gasteiger partial charge in [0.05, 0.1) is 29.3 Å². The molecule has 0 spiro atoms. The van der Waals surface area contributed by atoms with E-state index in [2.05, 4.69) is 5.32 Å². The number of thioether (sulfide) groups is 1. The number of carbonyl (C=O) groups is 3. The van der Waals surface area contributed by atoms with Crippen LogP contribution in [0.25, 0.3) is 0 Å². The number of hydrogen-bond donors (Lipinski definition) is 1. The maximum Gasteiger partial charge on any atom is 0.418 e. The number of ether oxygens (including phenoxy) is 1. The highest BCUT2D eigenvalue weighted by Gasteiger charge is 2.57. The van der Waals surface area contributed by atoms with E-state index in [0.29, 0.717) is 31.8 Å². The first-order valence-corrected chi connectivity index (χ1v) is 14.7. The fraction of sp³-hybridized carbons (Fsp3) is 0.200. The van der Waals surface area contributed by atoms with Gasteiger partial charge >= 0.3 is 11.0 Å². The maximum atomic E-state index is 14.0. The van der Waals surface area contributed by atoms with E-state index < -0.39 is 57.1 Å². The molecule has 4 aromatic rings. The molecule has 0 radical (unpaired) electrons. The molecule has 3 atom stereocenters. The molecule has 3 heterocycles. The lowest BCUT2D eigenvalue weighted by Gasteiger charge is -2.30. The Morgan fingerprint density at radius 1 is 0.930 bits per heavy atom. The molecule has 8 nitrogen and oxygen atoms in total. The molecule has 3 aromatic carbocycles. The monoisotopic (exact) mass is 625 g/mol. The Hall–Kier alpha value is -4.36.